The Morgan fingerprint density at radius 2 is 1.67 bits per heavy atom. The van der Waals surface area contributed by atoms with Crippen molar-refractivity contribution in [3.63, 3.8) is 0 Å². The van der Waals surface area contributed by atoms with Gasteiger partial charge in [0, 0.05) is 0 Å². The van der Waals surface area contributed by atoms with Gasteiger partial charge in [0.25, 0.3) is 0 Å². The Bertz CT molecular complexity index is 607. The summed E-state index contributed by atoms with van der Waals surface area (Å²) in [6.45, 7) is 2.33. The molecule has 0 aromatic heterocycles. The Morgan fingerprint density at radius 1 is 1.00 bits per heavy atom. The molecule has 0 amide bonds. The standard InChI is InChI=1S/C22H31Si.3ClH.Ti/c1-2-3-12-19-16-22(23-21-13-8-5-9-14-21)17-20(19)15-18-10-6-4-7-11-18;;;;/h5,8-9,13-14,18H,2-4,6-7,10-12,15,17,23H2,1H3;3*1H;/q;;;;+3/p-3. The van der Waals surface area contributed by atoms with Crippen LogP contribution in [0.4, 0.5) is 0 Å². The predicted molar refractivity (Wildman–Crippen MR) is 104 cm³/mol. The topological polar surface area (TPSA) is 0 Å². The van der Waals surface area contributed by atoms with Crippen LogP contribution in [0.15, 0.2) is 50.6 Å². The van der Waals surface area contributed by atoms with E-state index in [0.717, 1.165) is 5.92 Å². The molecule has 0 bridgehead atoms. The first-order chi connectivity index (χ1) is 11.8. The molecule has 0 nitrogen and oxygen atoms in total. The van der Waals surface area contributed by atoms with Gasteiger partial charge in [-0.2, -0.15) is 0 Å². The molecule has 0 heterocycles. The number of hydrogen-bond acceptors (Lipinski definition) is 0. The van der Waals surface area contributed by atoms with E-state index < -0.39 is 0 Å². The molecule has 0 N–H and O–H groups in total. The second-order valence-corrected chi connectivity index (χ2v) is 10.5. The molecule has 2 aliphatic rings. The predicted octanol–water partition coefficient (Wildman–Crippen LogP) is -3.89. The monoisotopic (exact) mass is 476 g/mol. The van der Waals surface area contributed by atoms with Crippen molar-refractivity contribution in [2.45, 2.75) is 71.1 Å². The number of unbranched alkanes of at least 4 members (excludes halogenated alkanes) is 1. The number of hydrogen-bond donors (Lipinski definition) is 0. The molecule has 1 saturated carbocycles. The van der Waals surface area contributed by atoms with Crippen molar-refractivity contribution in [1.82, 2.24) is 0 Å². The van der Waals surface area contributed by atoms with Gasteiger partial charge in [0.15, 0.2) is 0 Å². The number of rotatable bonds is 7. The zero-order chi connectivity index (χ0) is 16.8. The molecule has 1 fully saturated rings. The fraction of sp³-hybridized carbons (Fsp3) is 0.545. The van der Waals surface area contributed by atoms with Crippen LogP contribution >= 0.6 is 0 Å². The molecule has 0 aliphatic heterocycles. The fourth-order valence-corrected chi connectivity index (χ4v) is 7.27. The molecule has 2 aliphatic carbocycles. The molecule has 0 atom stereocenters. The van der Waals surface area contributed by atoms with E-state index in [1.54, 1.807) is 14.6 Å². The summed E-state index contributed by atoms with van der Waals surface area (Å²) in [6.07, 6.45) is 14.1. The minimum absolute atomic E-state index is 0. The Hall–Kier alpha value is 0.501. The van der Waals surface area contributed by atoms with Gasteiger partial charge in [0.2, 0.25) is 0 Å². The quantitative estimate of drug-likeness (QED) is 0.353. The fourth-order valence-electron chi connectivity index (χ4n) is 4.43. The third-order valence-electron chi connectivity index (χ3n) is 5.81. The molecule has 5 heteroatoms. The number of benzene rings is 1. The second-order valence-electron chi connectivity index (χ2n) is 7.71. The van der Waals surface area contributed by atoms with Crippen molar-refractivity contribution in [2.75, 3.05) is 0 Å². The van der Waals surface area contributed by atoms with Gasteiger partial charge in [-0.1, -0.05) is 0 Å². The van der Waals surface area contributed by atoms with Crippen LogP contribution in [0.1, 0.15) is 71.1 Å². The van der Waals surface area contributed by atoms with Crippen molar-refractivity contribution in [3.8, 4) is 0 Å². The summed E-state index contributed by atoms with van der Waals surface area (Å²) in [7, 11) is -0.269. The molecule has 27 heavy (non-hydrogen) atoms. The SMILES string of the molecule is CCCCC1=C(CC2CCCCC2)CC([SiH2]c2ccccc2)=[C]1[Ti+3].[Cl-].[Cl-].[Cl-]. The molecule has 0 unspecified atom stereocenters. The van der Waals surface area contributed by atoms with Gasteiger partial charge < -0.3 is 37.2 Å². The third kappa shape index (κ3) is 8.03. The van der Waals surface area contributed by atoms with Gasteiger partial charge in [-0.25, -0.2) is 0 Å². The van der Waals surface area contributed by atoms with Crippen molar-refractivity contribution < 1.29 is 57.7 Å². The Balaban J connectivity index is 0.00000225. The normalized spacial score (nSPS) is 17.7. The molecule has 1 aromatic carbocycles. The van der Waals surface area contributed by atoms with Crippen LogP contribution < -0.4 is 42.4 Å². The second kappa shape index (κ2) is 14.5. The molecule has 3 rings (SSSR count). The summed E-state index contributed by atoms with van der Waals surface area (Å²) in [5.41, 5.74) is 3.62. The van der Waals surface area contributed by atoms with Crippen LogP contribution in [0.2, 0.25) is 0 Å². The van der Waals surface area contributed by atoms with Gasteiger partial charge in [-0.3, -0.25) is 0 Å². The first kappa shape index (κ1) is 27.5. The summed E-state index contributed by atoms with van der Waals surface area (Å²) < 4.78 is 1.70. The Labute approximate surface area is 198 Å². The first-order valence-corrected chi connectivity index (χ1v) is 12.2. The minimum Gasteiger partial charge on any atom is -1.00 e. The third-order valence-corrected chi connectivity index (χ3v) is 9.29. The van der Waals surface area contributed by atoms with Crippen LogP contribution in [0.5, 0.6) is 0 Å². The van der Waals surface area contributed by atoms with Crippen molar-refractivity contribution in [3.05, 3.63) is 50.6 Å². The zero-order valence-electron chi connectivity index (χ0n) is 16.4. The largest absolute Gasteiger partial charge is 1.00 e. The molecule has 0 saturated heterocycles. The van der Waals surface area contributed by atoms with Gasteiger partial charge >= 0.3 is 163 Å². The van der Waals surface area contributed by atoms with E-state index in [4.69, 9.17) is 0 Å². The number of allylic oxidation sites excluding steroid dienone is 4. The summed E-state index contributed by atoms with van der Waals surface area (Å²) >= 11 is 2.43. The molecule has 0 spiro atoms. The van der Waals surface area contributed by atoms with E-state index in [0.29, 0.717) is 0 Å². The van der Waals surface area contributed by atoms with Crippen molar-refractivity contribution >= 4 is 14.7 Å². The summed E-state index contributed by atoms with van der Waals surface area (Å²) in [5, 5.41) is 3.44. The van der Waals surface area contributed by atoms with Gasteiger partial charge in [-0.15, -0.1) is 0 Å². The maximum atomic E-state index is 2.43. The summed E-state index contributed by atoms with van der Waals surface area (Å²) in [6, 6.07) is 11.3. The van der Waals surface area contributed by atoms with Gasteiger partial charge in [-0.05, 0) is 0 Å². The van der Waals surface area contributed by atoms with E-state index in [1.165, 1.54) is 64.2 Å². The van der Waals surface area contributed by atoms with Gasteiger partial charge in [0.05, 0.1) is 0 Å². The molecule has 0 radical (unpaired) electrons. The van der Waals surface area contributed by atoms with Crippen LogP contribution in [-0.4, -0.2) is 9.52 Å². The van der Waals surface area contributed by atoms with Crippen molar-refractivity contribution in [1.29, 1.82) is 0 Å². The van der Waals surface area contributed by atoms with Crippen LogP contribution in [0.25, 0.3) is 0 Å². The van der Waals surface area contributed by atoms with Crippen LogP contribution in [0, 0.1) is 5.92 Å². The smallest absolute Gasteiger partial charge is 1.00 e. The van der Waals surface area contributed by atoms with E-state index in [-0.39, 0.29) is 46.7 Å². The van der Waals surface area contributed by atoms with E-state index in [2.05, 4.69) is 57.7 Å². The maximum absolute atomic E-state index is 2.43. The maximum Gasteiger partial charge on any atom is -1.00 e. The van der Waals surface area contributed by atoms with E-state index in [1.807, 2.05) is 10.8 Å². The average Bonchev–Trinajstić information content (AvgIpc) is 2.90. The minimum atomic E-state index is -0.269. The van der Waals surface area contributed by atoms with E-state index >= 15 is 0 Å². The van der Waals surface area contributed by atoms with Crippen LogP contribution in [0.3, 0.4) is 0 Å². The molecular formula is C22H31Cl3SiTi. The molecule has 148 valence electrons. The van der Waals surface area contributed by atoms with Gasteiger partial charge in [0.1, 0.15) is 0 Å². The van der Waals surface area contributed by atoms with Crippen molar-refractivity contribution in [2.24, 2.45) is 5.92 Å². The molecular weight excluding hydrogens is 447 g/mol. The Morgan fingerprint density at radius 3 is 2.30 bits per heavy atom. The molecule has 1 aromatic rings. The summed E-state index contributed by atoms with van der Waals surface area (Å²) in [4.78, 5) is 0. The number of halogens is 3. The zero-order valence-corrected chi connectivity index (χ0v) is 21.6. The average molecular weight is 478 g/mol. The van der Waals surface area contributed by atoms with E-state index in [9.17, 15) is 0 Å². The Kier molecular flexibility index (Phi) is 14.7. The first-order valence-electron chi connectivity index (χ1n) is 9.96. The van der Waals surface area contributed by atoms with Crippen LogP contribution in [-0.2, 0) is 20.4 Å². The summed E-state index contributed by atoms with van der Waals surface area (Å²) in [5.74, 6) is 0.982.